The van der Waals surface area contributed by atoms with Crippen molar-refractivity contribution >= 4 is 28.7 Å². The molecule has 122 valence electrons. The van der Waals surface area contributed by atoms with Crippen LogP contribution in [0.2, 0.25) is 0 Å². The largest absolute Gasteiger partial charge is 0.497 e. The van der Waals surface area contributed by atoms with Crippen LogP contribution in [0.1, 0.15) is 6.92 Å². The van der Waals surface area contributed by atoms with Gasteiger partial charge >= 0.3 is 0 Å². The lowest BCUT2D eigenvalue weighted by molar-refractivity contribution is 0.342. The highest BCUT2D eigenvalue weighted by molar-refractivity contribution is 7.80. The van der Waals surface area contributed by atoms with Gasteiger partial charge in [-0.2, -0.15) is 0 Å². The van der Waals surface area contributed by atoms with Crippen molar-refractivity contribution in [3.63, 3.8) is 0 Å². The van der Waals surface area contributed by atoms with Crippen molar-refractivity contribution < 1.29 is 14.2 Å². The minimum absolute atomic E-state index is 0.445. The average Bonchev–Trinajstić information content (AvgIpc) is 2.57. The van der Waals surface area contributed by atoms with Crippen LogP contribution in [0, 0.1) is 0 Å². The summed E-state index contributed by atoms with van der Waals surface area (Å²) in [4.78, 5) is 0. The molecule has 2 aromatic rings. The molecule has 5 nitrogen and oxygen atoms in total. The Bertz CT molecular complexity index is 677. The van der Waals surface area contributed by atoms with Crippen LogP contribution in [0.25, 0.3) is 0 Å². The van der Waals surface area contributed by atoms with E-state index in [4.69, 9.17) is 26.4 Å². The molecule has 0 radical (unpaired) electrons. The third-order valence-corrected chi connectivity index (χ3v) is 3.30. The van der Waals surface area contributed by atoms with Crippen molar-refractivity contribution in [3.05, 3.63) is 42.5 Å². The van der Waals surface area contributed by atoms with Gasteiger partial charge < -0.3 is 24.8 Å². The van der Waals surface area contributed by atoms with E-state index in [2.05, 4.69) is 10.6 Å². The number of benzene rings is 2. The maximum Gasteiger partial charge on any atom is 0.175 e. The van der Waals surface area contributed by atoms with Crippen LogP contribution in [0.4, 0.5) is 11.4 Å². The molecule has 0 fully saturated rings. The quantitative estimate of drug-likeness (QED) is 0.782. The lowest BCUT2D eigenvalue weighted by Crippen LogP contribution is -2.20. The summed E-state index contributed by atoms with van der Waals surface area (Å²) in [5.74, 6) is 2.11. The van der Waals surface area contributed by atoms with Crippen molar-refractivity contribution in [1.29, 1.82) is 0 Å². The molecule has 23 heavy (non-hydrogen) atoms. The molecule has 0 aliphatic carbocycles. The first kappa shape index (κ1) is 16.9. The molecule has 0 spiro atoms. The predicted molar refractivity (Wildman–Crippen MR) is 97.0 cm³/mol. The lowest BCUT2D eigenvalue weighted by atomic mass is 10.2. The molecule has 6 heteroatoms. The minimum atomic E-state index is 0.445. The highest BCUT2D eigenvalue weighted by Gasteiger charge is 2.09. The van der Waals surface area contributed by atoms with E-state index in [-0.39, 0.29) is 0 Å². The van der Waals surface area contributed by atoms with E-state index < -0.39 is 0 Å². The third-order valence-electron chi connectivity index (χ3n) is 3.09. The molecule has 0 aliphatic rings. The maximum absolute atomic E-state index is 5.57. The van der Waals surface area contributed by atoms with Crippen LogP contribution in [0.3, 0.4) is 0 Å². The molecule has 0 heterocycles. The Morgan fingerprint density at radius 3 is 2.30 bits per heavy atom. The second kappa shape index (κ2) is 8.24. The summed E-state index contributed by atoms with van der Waals surface area (Å²) in [6, 6.07) is 13.1. The van der Waals surface area contributed by atoms with Gasteiger partial charge in [0, 0.05) is 6.07 Å². The number of thiocarbonyl (C=S) groups is 1. The Hall–Kier alpha value is -2.47. The van der Waals surface area contributed by atoms with Crippen molar-refractivity contribution in [2.75, 3.05) is 31.5 Å². The smallest absolute Gasteiger partial charge is 0.175 e. The van der Waals surface area contributed by atoms with Crippen molar-refractivity contribution in [2.24, 2.45) is 0 Å². The molecule has 0 atom stereocenters. The van der Waals surface area contributed by atoms with E-state index in [0.29, 0.717) is 23.2 Å². The van der Waals surface area contributed by atoms with Gasteiger partial charge in [-0.25, -0.2) is 0 Å². The Kier molecular flexibility index (Phi) is 6.05. The molecule has 0 amide bonds. The van der Waals surface area contributed by atoms with Gasteiger partial charge in [0.25, 0.3) is 0 Å². The average molecular weight is 332 g/mol. The first-order valence-corrected chi connectivity index (χ1v) is 7.60. The van der Waals surface area contributed by atoms with Gasteiger partial charge in [-0.3, -0.25) is 0 Å². The van der Waals surface area contributed by atoms with Gasteiger partial charge in [-0.05, 0) is 43.4 Å². The molecule has 0 bridgehead atoms. The molecule has 2 rings (SSSR count). The standard InChI is InChI=1S/C17H20N2O3S/c1-4-22-15-8-6-5-7-13(15)18-17(23)19-14-10-9-12(20-2)11-16(14)21-3/h5-11H,4H2,1-3H3,(H2,18,19,23). The second-order valence-corrected chi connectivity index (χ2v) is 4.98. The highest BCUT2D eigenvalue weighted by atomic mass is 32.1. The molecular formula is C17H20N2O3S. The van der Waals surface area contributed by atoms with Gasteiger partial charge in [0.05, 0.1) is 32.2 Å². The van der Waals surface area contributed by atoms with E-state index in [0.717, 1.165) is 17.1 Å². The Morgan fingerprint density at radius 1 is 0.957 bits per heavy atom. The van der Waals surface area contributed by atoms with E-state index in [9.17, 15) is 0 Å². The summed E-state index contributed by atoms with van der Waals surface area (Å²) in [5.41, 5.74) is 1.55. The van der Waals surface area contributed by atoms with Crippen molar-refractivity contribution in [2.45, 2.75) is 6.92 Å². The van der Waals surface area contributed by atoms with Crippen LogP contribution in [-0.4, -0.2) is 25.9 Å². The molecule has 2 N–H and O–H groups in total. The topological polar surface area (TPSA) is 51.8 Å². The van der Waals surface area contributed by atoms with Gasteiger partial charge in [0.15, 0.2) is 5.11 Å². The van der Waals surface area contributed by atoms with E-state index in [1.54, 1.807) is 20.3 Å². The van der Waals surface area contributed by atoms with Crippen LogP contribution in [0.15, 0.2) is 42.5 Å². The number of anilines is 2. The number of methoxy groups -OCH3 is 2. The van der Waals surface area contributed by atoms with Crippen LogP contribution in [-0.2, 0) is 0 Å². The normalized spacial score (nSPS) is 9.87. The Balaban J connectivity index is 2.11. The maximum atomic E-state index is 5.57. The van der Waals surface area contributed by atoms with E-state index >= 15 is 0 Å². The Morgan fingerprint density at radius 2 is 1.65 bits per heavy atom. The Labute approximate surface area is 141 Å². The number of hydrogen-bond acceptors (Lipinski definition) is 4. The van der Waals surface area contributed by atoms with E-state index in [1.807, 2.05) is 43.3 Å². The first-order chi connectivity index (χ1) is 11.2. The van der Waals surface area contributed by atoms with Gasteiger partial charge in [0.1, 0.15) is 17.2 Å². The number of ether oxygens (including phenoxy) is 3. The lowest BCUT2D eigenvalue weighted by Gasteiger charge is -2.16. The highest BCUT2D eigenvalue weighted by Crippen LogP contribution is 2.29. The number of hydrogen-bond donors (Lipinski definition) is 2. The molecule has 0 aliphatic heterocycles. The zero-order chi connectivity index (χ0) is 16.7. The monoisotopic (exact) mass is 332 g/mol. The third kappa shape index (κ3) is 4.50. The molecule has 0 aromatic heterocycles. The SMILES string of the molecule is CCOc1ccccc1NC(=S)Nc1ccc(OC)cc1OC. The summed E-state index contributed by atoms with van der Waals surface area (Å²) in [7, 11) is 3.21. The van der Waals surface area contributed by atoms with Crippen LogP contribution >= 0.6 is 12.2 Å². The fourth-order valence-corrected chi connectivity index (χ4v) is 2.25. The molecular weight excluding hydrogens is 312 g/mol. The van der Waals surface area contributed by atoms with E-state index in [1.165, 1.54) is 0 Å². The molecule has 0 saturated heterocycles. The second-order valence-electron chi connectivity index (χ2n) is 4.57. The number of rotatable bonds is 6. The molecule has 0 unspecified atom stereocenters. The first-order valence-electron chi connectivity index (χ1n) is 7.19. The number of nitrogens with one attached hydrogen (secondary N) is 2. The molecule has 2 aromatic carbocycles. The van der Waals surface area contributed by atoms with Crippen LogP contribution < -0.4 is 24.8 Å². The van der Waals surface area contributed by atoms with Crippen molar-refractivity contribution in [3.8, 4) is 17.2 Å². The predicted octanol–water partition coefficient (Wildman–Crippen LogP) is 3.91. The zero-order valence-electron chi connectivity index (χ0n) is 13.4. The van der Waals surface area contributed by atoms with Crippen molar-refractivity contribution in [1.82, 2.24) is 0 Å². The van der Waals surface area contributed by atoms with Gasteiger partial charge in [-0.1, -0.05) is 12.1 Å². The fraction of sp³-hybridized carbons (Fsp3) is 0.235. The summed E-state index contributed by atoms with van der Waals surface area (Å²) in [5, 5.41) is 6.69. The summed E-state index contributed by atoms with van der Waals surface area (Å²) >= 11 is 5.37. The summed E-state index contributed by atoms with van der Waals surface area (Å²) < 4.78 is 16.1. The van der Waals surface area contributed by atoms with Gasteiger partial charge in [-0.15, -0.1) is 0 Å². The summed E-state index contributed by atoms with van der Waals surface area (Å²) in [6.07, 6.45) is 0. The zero-order valence-corrected chi connectivity index (χ0v) is 14.2. The fourth-order valence-electron chi connectivity index (χ4n) is 2.03. The number of para-hydroxylation sites is 2. The minimum Gasteiger partial charge on any atom is -0.497 e. The summed E-state index contributed by atoms with van der Waals surface area (Å²) in [6.45, 7) is 2.53. The molecule has 0 saturated carbocycles. The van der Waals surface area contributed by atoms with Gasteiger partial charge in [0.2, 0.25) is 0 Å². The van der Waals surface area contributed by atoms with Crippen LogP contribution in [0.5, 0.6) is 17.2 Å².